The van der Waals surface area contributed by atoms with Crippen molar-refractivity contribution < 1.29 is 22.3 Å². The third-order valence-corrected chi connectivity index (χ3v) is 7.07. The van der Waals surface area contributed by atoms with Crippen LogP contribution in [0.1, 0.15) is 12.0 Å². The number of nitrogens with zero attached hydrogens (tertiary/aromatic N) is 4. The summed E-state index contributed by atoms with van der Waals surface area (Å²) in [5.41, 5.74) is 1.07. The van der Waals surface area contributed by atoms with E-state index < -0.39 is 21.6 Å². The number of halogens is 1. The van der Waals surface area contributed by atoms with Crippen LogP contribution in [-0.4, -0.2) is 72.6 Å². The number of aryl methyl sites for hydroxylation is 1. The number of morpholine rings is 1. The number of sulfonamides is 1. The van der Waals surface area contributed by atoms with Gasteiger partial charge in [-0.3, -0.25) is 9.58 Å². The van der Waals surface area contributed by atoms with E-state index in [4.69, 9.17) is 9.47 Å². The first-order valence-electron chi connectivity index (χ1n) is 9.60. The van der Waals surface area contributed by atoms with Gasteiger partial charge in [-0.25, -0.2) is 12.8 Å². The van der Waals surface area contributed by atoms with E-state index in [9.17, 15) is 12.8 Å². The molecule has 1 spiro atoms. The quantitative estimate of drug-likeness (QED) is 0.734. The van der Waals surface area contributed by atoms with E-state index in [1.54, 1.807) is 4.68 Å². The van der Waals surface area contributed by atoms with E-state index in [2.05, 4.69) is 10.00 Å². The van der Waals surface area contributed by atoms with Crippen molar-refractivity contribution in [2.45, 2.75) is 23.6 Å². The van der Waals surface area contributed by atoms with Crippen molar-refractivity contribution in [3.8, 4) is 0 Å². The normalized spacial score (nSPS) is 24.6. The van der Waals surface area contributed by atoms with Crippen LogP contribution in [0.3, 0.4) is 0 Å². The van der Waals surface area contributed by atoms with Gasteiger partial charge in [0.05, 0.1) is 32.5 Å². The van der Waals surface area contributed by atoms with Crippen molar-refractivity contribution >= 4 is 10.0 Å². The second kappa shape index (κ2) is 8.11. The van der Waals surface area contributed by atoms with E-state index in [1.807, 2.05) is 19.4 Å². The van der Waals surface area contributed by atoms with E-state index in [0.717, 1.165) is 24.6 Å². The molecule has 0 amide bonds. The van der Waals surface area contributed by atoms with Gasteiger partial charge in [-0.2, -0.15) is 9.40 Å². The first kappa shape index (κ1) is 20.4. The molecule has 2 aromatic rings. The monoisotopic (exact) mass is 424 g/mol. The molecule has 10 heteroatoms. The number of rotatable bonds is 4. The van der Waals surface area contributed by atoms with Crippen LogP contribution >= 0.6 is 0 Å². The molecule has 2 aliphatic rings. The summed E-state index contributed by atoms with van der Waals surface area (Å²) in [6, 6.07) is 5.43. The molecule has 2 fully saturated rings. The Bertz CT molecular complexity index is 967. The van der Waals surface area contributed by atoms with Gasteiger partial charge in [0.15, 0.2) is 5.79 Å². The lowest BCUT2D eigenvalue weighted by molar-refractivity contribution is -0.257. The maximum absolute atomic E-state index is 14.2. The molecule has 0 radical (unpaired) electrons. The van der Waals surface area contributed by atoms with Gasteiger partial charge in [0.1, 0.15) is 10.7 Å². The standard InChI is InChI=1S/C19H25FN4O4S/c1-22-12-16(11-21-22)13-23-7-4-9-27-19(14-23)15-24(8-10-28-19)29(25,26)18-6-3-2-5-17(18)20/h2-3,5-6,11-12H,4,7-10,13-15H2,1H3. The number of hydrogen-bond donors (Lipinski definition) is 0. The fourth-order valence-electron chi connectivity index (χ4n) is 3.87. The first-order valence-corrected chi connectivity index (χ1v) is 11.0. The van der Waals surface area contributed by atoms with Crippen molar-refractivity contribution in [2.24, 2.45) is 7.05 Å². The Kier molecular flexibility index (Phi) is 5.71. The molecule has 2 aliphatic heterocycles. The third kappa shape index (κ3) is 4.36. The lowest BCUT2D eigenvalue weighted by Gasteiger charge is -2.42. The number of aromatic nitrogens is 2. The molecule has 2 saturated heterocycles. The second-order valence-electron chi connectivity index (χ2n) is 7.46. The smallest absolute Gasteiger partial charge is 0.246 e. The summed E-state index contributed by atoms with van der Waals surface area (Å²) in [5.74, 6) is -1.83. The zero-order valence-corrected chi connectivity index (χ0v) is 17.1. The maximum atomic E-state index is 14.2. The van der Waals surface area contributed by atoms with Gasteiger partial charge in [-0.05, 0) is 18.6 Å². The summed E-state index contributed by atoms with van der Waals surface area (Å²) in [4.78, 5) is 1.86. The number of hydrogen-bond acceptors (Lipinski definition) is 6. The first-order chi connectivity index (χ1) is 13.9. The summed E-state index contributed by atoms with van der Waals surface area (Å²) < 4.78 is 55.2. The van der Waals surface area contributed by atoms with Gasteiger partial charge in [-0.1, -0.05) is 12.1 Å². The van der Waals surface area contributed by atoms with Crippen molar-refractivity contribution in [2.75, 3.05) is 39.4 Å². The summed E-state index contributed by atoms with van der Waals surface area (Å²) in [7, 11) is -2.12. The zero-order valence-electron chi connectivity index (χ0n) is 16.3. The molecule has 4 rings (SSSR count). The minimum atomic E-state index is -3.99. The summed E-state index contributed by atoms with van der Waals surface area (Å²) in [5, 5.41) is 4.20. The van der Waals surface area contributed by atoms with Crippen LogP contribution in [-0.2, 0) is 33.1 Å². The number of ether oxygens (including phenoxy) is 2. The van der Waals surface area contributed by atoms with Gasteiger partial charge >= 0.3 is 0 Å². The lowest BCUT2D eigenvalue weighted by atomic mass is 10.2. The molecule has 0 aliphatic carbocycles. The SMILES string of the molecule is Cn1cc(CN2CCCOC3(C2)CN(S(=O)(=O)c2ccccc2F)CCO3)cn1. The minimum Gasteiger partial charge on any atom is -0.347 e. The summed E-state index contributed by atoms with van der Waals surface area (Å²) in [6.45, 7) is 2.73. The maximum Gasteiger partial charge on any atom is 0.246 e. The highest BCUT2D eigenvalue weighted by molar-refractivity contribution is 7.89. The second-order valence-corrected chi connectivity index (χ2v) is 9.37. The van der Waals surface area contributed by atoms with Gasteiger partial charge in [-0.15, -0.1) is 0 Å². The van der Waals surface area contributed by atoms with Crippen molar-refractivity contribution in [1.82, 2.24) is 19.0 Å². The van der Waals surface area contributed by atoms with Gasteiger partial charge < -0.3 is 9.47 Å². The van der Waals surface area contributed by atoms with Crippen LogP contribution in [0.5, 0.6) is 0 Å². The Morgan fingerprint density at radius 2 is 1.97 bits per heavy atom. The van der Waals surface area contributed by atoms with E-state index in [-0.39, 0.29) is 24.6 Å². The molecule has 1 atom stereocenters. The molecule has 1 unspecified atom stereocenters. The average Bonchev–Trinajstić information content (AvgIpc) is 3.00. The molecule has 1 aromatic carbocycles. The Morgan fingerprint density at radius 1 is 1.17 bits per heavy atom. The fourth-order valence-corrected chi connectivity index (χ4v) is 5.39. The molecule has 0 saturated carbocycles. The third-order valence-electron chi connectivity index (χ3n) is 5.19. The molecular weight excluding hydrogens is 399 g/mol. The van der Waals surface area contributed by atoms with Crippen LogP contribution in [0.2, 0.25) is 0 Å². The predicted molar refractivity (Wildman–Crippen MR) is 103 cm³/mol. The minimum absolute atomic E-state index is 0.0210. The van der Waals surface area contributed by atoms with Crippen LogP contribution in [0.4, 0.5) is 4.39 Å². The highest BCUT2D eigenvalue weighted by atomic mass is 32.2. The molecule has 29 heavy (non-hydrogen) atoms. The van der Waals surface area contributed by atoms with Gasteiger partial charge in [0, 0.05) is 38.4 Å². The van der Waals surface area contributed by atoms with Crippen LogP contribution in [0, 0.1) is 5.82 Å². The molecule has 3 heterocycles. The van der Waals surface area contributed by atoms with Crippen LogP contribution in [0.25, 0.3) is 0 Å². The molecule has 0 bridgehead atoms. The lowest BCUT2D eigenvalue weighted by Crippen LogP contribution is -2.59. The van der Waals surface area contributed by atoms with Gasteiger partial charge in [0.2, 0.25) is 10.0 Å². The zero-order chi connectivity index (χ0) is 20.5. The molecule has 1 aromatic heterocycles. The summed E-state index contributed by atoms with van der Waals surface area (Å²) in [6.07, 6.45) is 4.58. The highest BCUT2D eigenvalue weighted by Gasteiger charge is 2.44. The largest absolute Gasteiger partial charge is 0.347 e. The highest BCUT2D eigenvalue weighted by Crippen LogP contribution is 2.29. The number of benzene rings is 1. The Morgan fingerprint density at radius 3 is 2.72 bits per heavy atom. The van der Waals surface area contributed by atoms with Crippen LogP contribution < -0.4 is 0 Å². The van der Waals surface area contributed by atoms with Gasteiger partial charge in [0.25, 0.3) is 0 Å². The van der Waals surface area contributed by atoms with Crippen molar-refractivity contribution in [3.05, 3.63) is 48.0 Å². The van der Waals surface area contributed by atoms with E-state index >= 15 is 0 Å². The average molecular weight is 424 g/mol. The Labute approximate surface area is 169 Å². The summed E-state index contributed by atoms with van der Waals surface area (Å²) >= 11 is 0. The van der Waals surface area contributed by atoms with Crippen molar-refractivity contribution in [3.63, 3.8) is 0 Å². The molecule has 158 valence electrons. The van der Waals surface area contributed by atoms with E-state index in [0.29, 0.717) is 19.7 Å². The Hall–Kier alpha value is -1.85. The molecular formula is C19H25FN4O4S. The fraction of sp³-hybridized carbons (Fsp3) is 0.526. The van der Waals surface area contributed by atoms with Crippen LogP contribution in [0.15, 0.2) is 41.6 Å². The predicted octanol–water partition coefficient (Wildman–Crippen LogP) is 1.20. The topological polar surface area (TPSA) is 76.9 Å². The van der Waals surface area contributed by atoms with Crippen molar-refractivity contribution in [1.29, 1.82) is 0 Å². The Balaban J connectivity index is 1.54. The molecule has 8 nitrogen and oxygen atoms in total. The van der Waals surface area contributed by atoms with E-state index in [1.165, 1.54) is 22.5 Å². The molecule has 0 N–H and O–H groups in total.